The second-order valence-corrected chi connectivity index (χ2v) is 7.75. The Morgan fingerprint density at radius 1 is 1.26 bits per heavy atom. The summed E-state index contributed by atoms with van der Waals surface area (Å²) >= 11 is 3.43. The Kier molecular flexibility index (Phi) is 6.16. The zero-order chi connectivity index (χ0) is 19.4. The fraction of sp³-hybridized carbons (Fsp3) is 0.333. The quantitative estimate of drug-likeness (QED) is 0.763. The van der Waals surface area contributed by atoms with E-state index >= 15 is 0 Å². The summed E-state index contributed by atoms with van der Waals surface area (Å²) in [6.45, 7) is 3.39. The van der Waals surface area contributed by atoms with E-state index in [-0.39, 0.29) is 24.2 Å². The van der Waals surface area contributed by atoms with Crippen molar-refractivity contribution in [1.29, 1.82) is 0 Å². The van der Waals surface area contributed by atoms with E-state index in [1.807, 2.05) is 49.4 Å². The predicted molar refractivity (Wildman–Crippen MR) is 107 cm³/mol. The molecule has 0 spiro atoms. The van der Waals surface area contributed by atoms with E-state index in [9.17, 15) is 9.59 Å². The van der Waals surface area contributed by atoms with Gasteiger partial charge in [0.05, 0.1) is 13.0 Å². The van der Waals surface area contributed by atoms with Gasteiger partial charge in [0.15, 0.2) is 0 Å². The van der Waals surface area contributed by atoms with Crippen LogP contribution in [0.1, 0.15) is 23.1 Å². The molecule has 0 bridgehead atoms. The monoisotopic (exact) mass is 430 g/mol. The molecule has 27 heavy (non-hydrogen) atoms. The molecule has 1 aliphatic heterocycles. The normalized spacial score (nSPS) is 16.5. The first-order valence-electron chi connectivity index (χ1n) is 8.89. The Bertz CT molecular complexity index is 836. The third-order valence-corrected chi connectivity index (χ3v) is 5.27. The van der Waals surface area contributed by atoms with Gasteiger partial charge in [-0.1, -0.05) is 45.8 Å². The molecule has 0 aliphatic carbocycles. The third-order valence-electron chi connectivity index (χ3n) is 4.77. The van der Waals surface area contributed by atoms with Crippen LogP contribution in [0, 0.1) is 12.8 Å². The Morgan fingerprint density at radius 2 is 2.00 bits per heavy atom. The number of aryl methyl sites for hydroxylation is 1. The summed E-state index contributed by atoms with van der Waals surface area (Å²) < 4.78 is 6.26. The van der Waals surface area contributed by atoms with Gasteiger partial charge in [-0.25, -0.2) is 0 Å². The van der Waals surface area contributed by atoms with Crippen molar-refractivity contribution in [1.82, 2.24) is 10.2 Å². The van der Waals surface area contributed by atoms with Crippen molar-refractivity contribution in [2.75, 3.05) is 13.7 Å². The lowest BCUT2D eigenvalue weighted by atomic mass is 10.1. The molecule has 0 radical (unpaired) electrons. The molecule has 1 atom stereocenters. The number of nitrogens with zero attached hydrogens (tertiary/aromatic N) is 1. The topological polar surface area (TPSA) is 58.6 Å². The molecular weight excluding hydrogens is 408 g/mol. The molecule has 1 fully saturated rings. The molecular formula is C21H23BrN2O3. The Labute approximate surface area is 167 Å². The van der Waals surface area contributed by atoms with Crippen LogP contribution in [-0.4, -0.2) is 30.4 Å². The zero-order valence-electron chi connectivity index (χ0n) is 15.5. The smallest absolute Gasteiger partial charge is 0.225 e. The second kappa shape index (κ2) is 8.57. The van der Waals surface area contributed by atoms with Gasteiger partial charge in [-0.3, -0.25) is 9.59 Å². The van der Waals surface area contributed by atoms with E-state index in [2.05, 4.69) is 21.2 Å². The van der Waals surface area contributed by atoms with Gasteiger partial charge in [0, 0.05) is 36.1 Å². The van der Waals surface area contributed by atoms with E-state index in [4.69, 9.17) is 4.74 Å². The lowest BCUT2D eigenvalue weighted by molar-refractivity contribution is -0.129. The maximum absolute atomic E-state index is 12.5. The average Bonchev–Trinajstić information content (AvgIpc) is 3.02. The molecule has 1 aliphatic rings. The summed E-state index contributed by atoms with van der Waals surface area (Å²) in [6.07, 6.45) is 0.257. The predicted octanol–water partition coefficient (Wildman–Crippen LogP) is 3.43. The first kappa shape index (κ1) is 19.4. The van der Waals surface area contributed by atoms with Gasteiger partial charge in [0.1, 0.15) is 5.75 Å². The number of benzene rings is 2. The molecule has 6 heteroatoms. The maximum atomic E-state index is 12.5. The fourth-order valence-corrected chi connectivity index (χ4v) is 3.63. The highest BCUT2D eigenvalue weighted by Crippen LogP contribution is 2.24. The number of amides is 2. The Hall–Kier alpha value is -2.34. The molecule has 142 valence electrons. The molecule has 1 heterocycles. The Balaban J connectivity index is 1.57. The van der Waals surface area contributed by atoms with E-state index in [1.54, 1.807) is 12.0 Å². The highest BCUT2D eigenvalue weighted by molar-refractivity contribution is 9.10. The standard InChI is InChI=1S/C21H23BrN2O3/c1-14-3-5-15(6-4-14)12-24-13-17(10-20(24)25)21(26)23-11-16-9-18(22)7-8-19(16)27-2/h3-9,17H,10-13H2,1-2H3,(H,23,26). The second-order valence-electron chi connectivity index (χ2n) is 6.83. The number of ether oxygens (including phenoxy) is 1. The van der Waals surface area contributed by atoms with Crippen molar-refractivity contribution in [2.45, 2.75) is 26.4 Å². The highest BCUT2D eigenvalue weighted by Gasteiger charge is 2.34. The van der Waals surface area contributed by atoms with E-state index in [0.717, 1.165) is 21.3 Å². The maximum Gasteiger partial charge on any atom is 0.225 e. The minimum Gasteiger partial charge on any atom is -0.496 e. The van der Waals surface area contributed by atoms with Gasteiger partial charge in [-0.15, -0.1) is 0 Å². The minimum atomic E-state index is -0.318. The van der Waals surface area contributed by atoms with Crippen LogP contribution in [0.3, 0.4) is 0 Å². The van der Waals surface area contributed by atoms with Crippen molar-refractivity contribution in [2.24, 2.45) is 5.92 Å². The number of nitrogens with one attached hydrogen (secondary N) is 1. The summed E-state index contributed by atoms with van der Waals surface area (Å²) in [6, 6.07) is 13.8. The SMILES string of the molecule is COc1ccc(Br)cc1CNC(=O)C1CC(=O)N(Cc2ccc(C)cc2)C1. The van der Waals surface area contributed by atoms with Crippen LogP contribution in [-0.2, 0) is 22.7 Å². The van der Waals surface area contributed by atoms with Gasteiger partial charge in [0.25, 0.3) is 0 Å². The lowest BCUT2D eigenvalue weighted by Crippen LogP contribution is -2.32. The number of methoxy groups -OCH3 is 1. The van der Waals surface area contributed by atoms with Crippen LogP contribution in [0.4, 0.5) is 0 Å². The summed E-state index contributed by atoms with van der Waals surface area (Å²) in [7, 11) is 1.60. The molecule has 2 amide bonds. The van der Waals surface area contributed by atoms with Crippen molar-refractivity contribution in [3.05, 3.63) is 63.6 Å². The molecule has 1 N–H and O–H groups in total. The van der Waals surface area contributed by atoms with Crippen molar-refractivity contribution in [3.8, 4) is 5.75 Å². The molecule has 2 aromatic carbocycles. The molecule has 5 nitrogen and oxygen atoms in total. The number of rotatable bonds is 6. The van der Waals surface area contributed by atoms with Gasteiger partial charge >= 0.3 is 0 Å². The van der Waals surface area contributed by atoms with Gasteiger partial charge in [-0.05, 0) is 30.7 Å². The van der Waals surface area contributed by atoms with Crippen LogP contribution in [0.15, 0.2) is 46.9 Å². The van der Waals surface area contributed by atoms with E-state index in [1.165, 1.54) is 5.56 Å². The molecule has 1 saturated heterocycles. The van der Waals surface area contributed by atoms with E-state index < -0.39 is 0 Å². The fourth-order valence-electron chi connectivity index (χ4n) is 3.23. The van der Waals surface area contributed by atoms with Crippen LogP contribution >= 0.6 is 15.9 Å². The average molecular weight is 431 g/mol. The van der Waals surface area contributed by atoms with Gasteiger partial charge < -0.3 is 15.0 Å². The number of carbonyl (C=O) groups is 2. The summed E-state index contributed by atoms with van der Waals surface area (Å²) in [4.78, 5) is 26.6. The molecule has 0 saturated carbocycles. The van der Waals surface area contributed by atoms with Gasteiger partial charge in [-0.2, -0.15) is 0 Å². The summed E-state index contributed by atoms with van der Waals surface area (Å²) in [5.74, 6) is 0.329. The van der Waals surface area contributed by atoms with Crippen LogP contribution in [0.2, 0.25) is 0 Å². The first-order valence-corrected chi connectivity index (χ1v) is 9.69. The van der Waals surface area contributed by atoms with E-state index in [0.29, 0.717) is 19.6 Å². The summed E-state index contributed by atoms with van der Waals surface area (Å²) in [5.41, 5.74) is 3.15. The van der Waals surface area contributed by atoms with Crippen LogP contribution in [0.5, 0.6) is 5.75 Å². The number of carbonyl (C=O) groups excluding carboxylic acids is 2. The summed E-state index contributed by atoms with van der Waals surface area (Å²) in [5, 5.41) is 2.94. The van der Waals surface area contributed by atoms with Crippen LogP contribution < -0.4 is 10.1 Å². The largest absolute Gasteiger partial charge is 0.496 e. The van der Waals surface area contributed by atoms with Crippen molar-refractivity contribution in [3.63, 3.8) is 0 Å². The third kappa shape index (κ3) is 4.89. The Morgan fingerprint density at radius 3 is 2.70 bits per heavy atom. The molecule has 1 unspecified atom stereocenters. The highest BCUT2D eigenvalue weighted by atomic mass is 79.9. The zero-order valence-corrected chi connectivity index (χ0v) is 17.1. The van der Waals surface area contributed by atoms with Gasteiger partial charge in [0.2, 0.25) is 11.8 Å². The number of likely N-dealkylation sites (tertiary alicyclic amines) is 1. The van der Waals surface area contributed by atoms with Crippen molar-refractivity contribution >= 4 is 27.7 Å². The minimum absolute atomic E-state index is 0.0239. The number of hydrogen-bond donors (Lipinski definition) is 1. The lowest BCUT2D eigenvalue weighted by Gasteiger charge is -2.17. The number of halogens is 1. The molecule has 2 aromatic rings. The first-order chi connectivity index (χ1) is 13.0. The number of hydrogen-bond acceptors (Lipinski definition) is 3. The molecule has 3 rings (SSSR count). The molecule has 0 aromatic heterocycles. The van der Waals surface area contributed by atoms with Crippen LogP contribution in [0.25, 0.3) is 0 Å². The van der Waals surface area contributed by atoms with Crippen molar-refractivity contribution < 1.29 is 14.3 Å².